The van der Waals surface area contributed by atoms with Gasteiger partial charge in [-0.05, 0) is 31.0 Å². The molecule has 1 aliphatic carbocycles. The van der Waals surface area contributed by atoms with Gasteiger partial charge in [0.25, 0.3) is 5.91 Å². The zero-order valence-corrected chi connectivity index (χ0v) is 11.7. The van der Waals surface area contributed by atoms with E-state index in [4.69, 9.17) is 23.2 Å². The first kappa shape index (κ1) is 14.2. The van der Waals surface area contributed by atoms with Crippen LogP contribution in [-0.2, 0) is 4.79 Å². The molecule has 1 saturated carbocycles. The summed E-state index contributed by atoms with van der Waals surface area (Å²) >= 11 is 11.7. The number of benzene rings is 1. The zero-order valence-electron chi connectivity index (χ0n) is 10.2. The molecule has 2 rings (SSSR count). The van der Waals surface area contributed by atoms with Gasteiger partial charge in [-0.3, -0.25) is 9.59 Å². The minimum absolute atomic E-state index is 0.0683. The quantitative estimate of drug-likeness (QED) is 0.820. The van der Waals surface area contributed by atoms with Gasteiger partial charge in [0.2, 0.25) is 5.91 Å². The van der Waals surface area contributed by atoms with Gasteiger partial charge >= 0.3 is 0 Å². The largest absolute Gasteiger partial charge is 0.354 e. The summed E-state index contributed by atoms with van der Waals surface area (Å²) < 4.78 is 0. The molecule has 1 aromatic rings. The molecule has 1 aromatic carbocycles. The van der Waals surface area contributed by atoms with Crippen molar-refractivity contribution in [3.05, 3.63) is 33.8 Å². The van der Waals surface area contributed by atoms with Crippen LogP contribution in [0.25, 0.3) is 0 Å². The van der Waals surface area contributed by atoms with E-state index in [1.165, 1.54) is 6.07 Å². The SMILES string of the molecule is O=C(NCCNC(=O)C1CC1)c1ccc(Cl)cc1Cl. The summed E-state index contributed by atoms with van der Waals surface area (Å²) in [5.41, 5.74) is 0.375. The first-order valence-corrected chi connectivity index (χ1v) is 6.84. The summed E-state index contributed by atoms with van der Waals surface area (Å²) in [5.74, 6) is -0.0254. The summed E-state index contributed by atoms with van der Waals surface area (Å²) in [6, 6.07) is 4.70. The first-order valence-electron chi connectivity index (χ1n) is 6.09. The summed E-state index contributed by atoms with van der Waals surface area (Å²) in [6.45, 7) is 0.794. The maximum atomic E-state index is 11.8. The predicted octanol–water partition coefficient (Wildman–Crippen LogP) is 2.25. The van der Waals surface area contributed by atoms with E-state index >= 15 is 0 Å². The van der Waals surface area contributed by atoms with E-state index in [2.05, 4.69) is 10.6 Å². The minimum Gasteiger partial charge on any atom is -0.354 e. The summed E-state index contributed by atoms with van der Waals surface area (Å²) in [6.07, 6.45) is 1.94. The molecule has 19 heavy (non-hydrogen) atoms. The molecule has 0 unspecified atom stereocenters. The predicted molar refractivity (Wildman–Crippen MR) is 74.5 cm³/mol. The van der Waals surface area contributed by atoms with Crippen LogP contribution < -0.4 is 10.6 Å². The molecule has 0 heterocycles. The van der Waals surface area contributed by atoms with Crippen molar-refractivity contribution in [2.45, 2.75) is 12.8 Å². The molecule has 0 spiro atoms. The Morgan fingerprint density at radius 3 is 2.47 bits per heavy atom. The van der Waals surface area contributed by atoms with Crippen molar-refractivity contribution in [1.29, 1.82) is 0 Å². The van der Waals surface area contributed by atoms with E-state index in [9.17, 15) is 9.59 Å². The molecule has 0 radical (unpaired) electrons. The van der Waals surface area contributed by atoms with Crippen molar-refractivity contribution in [2.75, 3.05) is 13.1 Å². The van der Waals surface area contributed by atoms with Crippen molar-refractivity contribution >= 4 is 35.0 Å². The molecule has 2 amide bonds. The molecule has 4 nitrogen and oxygen atoms in total. The highest BCUT2D eigenvalue weighted by atomic mass is 35.5. The average molecular weight is 301 g/mol. The van der Waals surface area contributed by atoms with Crippen LogP contribution in [0.5, 0.6) is 0 Å². The summed E-state index contributed by atoms with van der Waals surface area (Å²) in [4.78, 5) is 23.2. The van der Waals surface area contributed by atoms with Crippen LogP contribution in [0.1, 0.15) is 23.2 Å². The second-order valence-electron chi connectivity index (χ2n) is 4.45. The molecule has 0 bridgehead atoms. The Labute approximate surface area is 121 Å². The highest BCUT2D eigenvalue weighted by Gasteiger charge is 2.28. The van der Waals surface area contributed by atoms with Crippen molar-refractivity contribution in [1.82, 2.24) is 10.6 Å². The molecule has 1 aliphatic rings. The monoisotopic (exact) mass is 300 g/mol. The van der Waals surface area contributed by atoms with Crippen LogP contribution in [0.3, 0.4) is 0 Å². The number of amides is 2. The molecule has 0 aromatic heterocycles. The van der Waals surface area contributed by atoms with E-state index in [0.717, 1.165) is 12.8 Å². The van der Waals surface area contributed by atoms with Gasteiger partial charge in [0, 0.05) is 24.0 Å². The number of carbonyl (C=O) groups is 2. The topological polar surface area (TPSA) is 58.2 Å². The zero-order chi connectivity index (χ0) is 13.8. The Bertz CT molecular complexity index is 501. The van der Waals surface area contributed by atoms with E-state index in [1.54, 1.807) is 12.1 Å². The van der Waals surface area contributed by atoms with E-state index in [1.807, 2.05) is 0 Å². The maximum absolute atomic E-state index is 11.8. The summed E-state index contributed by atoms with van der Waals surface area (Å²) in [5, 5.41) is 6.26. The standard InChI is InChI=1S/C13H14Cl2N2O2/c14-9-3-4-10(11(15)7-9)13(19)17-6-5-16-12(18)8-1-2-8/h3-4,7-8H,1-2,5-6H2,(H,16,18)(H,17,19). The summed E-state index contributed by atoms with van der Waals surface area (Å²) in [7, 11) is 0. The van der Waals surface area contributed by atoms with Gasteiger partial charge in [0.15, 0.2) is 0 Å². The molecule has 1 fully saturated rings. The van der Waals surface area contributed by atoms with E-state index < -0.39 is 0 Å². The molecule has 102 valence electrons. The minimum atomic E-state index is -0.276. The van der Waals surface area contributed by atoms with E-state index in [-0.39, 0.29) is 17.7 Å². The number of nitrogens with one attached hydrogen (secondary N) is 2. The fourth-order valence-corrected chi connectivity index (χ4v) is 2.11. The van der Waals surface area contributed by atoms with Crippen molar-refractivity contribution < 1.29 is 9.59 Å². The smallest absolute Gasteiger partial charge is 0.252 e. The van der Waals surface area contributed by atoms with Gasteiger partial charge in [-0.1, -0.05) is 23.2 Å². The number of halogens is 2. The van der Waals surface area contributed by atoms with Gasteiger partial charge in [-0.15, -0.1) is 0 Å². The lowest BCUT2D eigenvalue weighted by molar-refractivity contribution is -0.122. The Balaban J connectivity index is 1.75. The molecule has 0 atom stereocenters. The second kappa shape index (κ2) is 6.26. The third kappa shape index (κ3) is 4.11. The number of hydrogen-bond acceptors (Lipinski definition) is 2. The van der Waals surface area contributed by atoms with Crippen LogP contribution in [0.2, 0.25) is 10.0 Å². The van der Waals surface area contributed by atoms with Crippen LogP contribution in [0.15, 0.2) is 18.2 Å². The van der Waals surface area contributed by atoms with Crippen LogP contribution in [0, 0.1) is 5.92 Å². The molecule has 2 N–H and O–H groups in total. The molecular weight excluding hydrogens is 287 g/mol. The Morgan fingerprint density at radius 2 is 1.84 bits per heavy atom. The highest BCUT2D eigenvalue weighted by molar-refractivity contribution is 6.36. The molecule has 0 saturated heterocycles. The van der Waals surface area contributed by atoms with Gasteiger partial charge in [-0.25, -0.2) is 0 Å². The Morgan fingerprint density at radius 1 is 1.16 bits per heavy atom. The third-order valence-electron chi connectivity index (χ3n) is 2.83. The first-order chi connectivity index (χ1) is 9.08. The number of rotatable bonds is 5. The fraction of sp³-hybridized carbons (Fsp3) is 0.385. The van der Waals surface area contributed by atoms with Gasteiger partial charge in [0.1, 0.15) is 0 Å². The fourth-order valence-electron chi connectivity index (χ4n) is 1.62. The lowest BCUT2D eigenvalue weighted by Gasteiger charge is -2.08. The number of hydrogen-bond donors (Lipinski definition) is 2. The Hall–Kier alpha value is -1.26. The van der Waals surface area contributed by atoms with Crippen molar-refractivity contribution in [2.24, 2.45) is 5.92 Å². The Kier molecular flexibility index (Phi) is 4.66. The molecule has 6 heteroatoms. The van der Waals surface area contributed by atoms with Gasteiger partial charge < -0.3 is 10.6 Å². The normalized spacial score (nSPS) is 14.0. The van der Waals surface area contributed by atoms with Crippen molar-refractivity contribution in [3.63, 3.8) is 0 Å². The van der Waals surface area contributed by atoms with Crippen LogP contribution in [-0.4, -0.2) is 24.9 Å². The van der Waals surface area contributed by atoms with Crippen molar-refractivity contribution in [3.8, 4) is 0 Å². The van der Waals surface area contributed by atoms with Crippen LogP contribution in [0.4, 0.5) is 0 Å². The highest BCUT2D eigenvalue weighted by Crippen LogP contribution is 2.28. The third-order valence-corrected chi connectivity index (χ3v) is 3.38. The van der Waals surface area contributed by atoms with Gasteiger partial charge in [-0.2, -0.15) is 0 Å². The number of carbonyl (C=O) groups excluding carboxylic acids is 2. The maximum Gasteiger partial charge on any atom is 0.252 e. The average Bonchev–Trinajstić information content (AvgIpc) is 3.18. The van der Waals surface area contributed by atoms with E-state index in [0.29, 0.717) is 28.7 Å². The lowest BCUT2D eigenvalue weighted by atomic mass is 10.2. The molecule has 0 aliphatic heterocycles. The van der Waals surface area contributed by atoms with Crippen LogP contribution >= 0.6 is 23.2 Å². The second-order valence-corrected chi connectivity index (χ2v) is 5.29. The molecular formula is C13H14Cl2N2O2. The van der Waals surface area contributed by atoms with Gasteiger partial charge in [0.05, 0.1) is 10.6 Å². The lowest BCUT2D eigenvalue weighted by Crippen LogP contribution is -2.35.